The van der Waals surface area contributed by atoms with Crippen LogP contribution < -0.4 is 10.5 Å². The molecule has 2 aliphatic rings. The molecular weight excluding hydrogens is 314 g/mol. The minimum Gasteiger partial charge on any atom is -0.457 e. The van der Waals surface area contributed by atoms with Crippen molar-refractivity contribution in [3.8, 4) is 11.5 Å². The lowest BCUT2D eigenvalue weighted by Gasteiger charge is -2.11. The number of benzene rings is 2. The summed E-state index contributed by atoms with van der Waals surface area (Å²) in [5.74, 6) is 2.15. The molecule has 1 atom stereocenters. The molecule has 0 saturated carbocycles. The standard InChI is InChI=1S/C21H17NO3/c22-15-9-10-19-18(13-15)21(23)20(25-19)12-14-5-4-8-17(11-14)24-16-6-2-1-3-7-16/h1-12,18H,13,22H2/b20-12-. The van der Waals surface area contributed by atoms with E-state index in [1.807, 2.05) is 54.6 Å². The second-order valence-electron chi connectivity index (χ2n) is 6.03. The fourth-order valence-electron chi connectivity index (χ4n) is 2.93. The maximum atomic E-state index is 12.5. The summed E-state index contributed by atoms with van der Waals surface area (Å²) in [5, 5.41) is 0. The predicted molar refractivity (Wildman–Crippen MR) is 95.5 cm³/mol. The molecule has 124 valence electrons. The zero-order chi connectivity index (χ0) is 17.2. The smallest absolute Gasteiger partial charge is 0.209 e. The summed E-state index contributed by atoms with van der Waals surface area (Å²) in [7, 11) is 0. The number of carbonyl (C=O) groups is 1. The largest absolute Gasteiger partial charge is 0.457 e. The topological polar surface area (TPSA) is 61.6 Å². The number of para-hydroxylation sites is 1. The van der Waals surface area contributed by atoms with Gasteiger partial charge in [0.15, 0.2) is 5.76 Å². The lowest BCUT2D eigenvalue weighted by Crippen LogP contribution is -2.15. The fourth-order valence-corrected chi connectivity index (χ4v) is 2.93. The van der Waals surface area contributed by atoms with Gasteiger partial charge >= 0.3 is 0 Å². The van der Waals surface area contributed by atoms with Crippen LogP contribution in [0, 0.1) is 5.92 Å². The van der Waals surface area contributed by atoms with Crippen molar-refractivity contribution in [2.75, 3.05) is 0 Å². The number of rotatable bonds is 3. The summed E-state index contributed by atoms with van der Waals surface area (Å²) >= 11 is 0. The summed E-state index contributed by atoms with van der Waals surface area (Å²) in [6.45, 7) is 0. The Kier molecular flexibility index (Phi) is 3.86. The van der Waals surface area contributed by atoms with Crippen LogP contribution >= 0.6 is 0 Å². The van der Waals surface area contributed by atoms with Gasteiger partial charge in [0, 0.05) is 12.1 Å². The first kappa shape index (κ1) is 15.3. The predicted octanol–water partition coefficient (Wildman–Crippen LogP) is 4.17. The number of Topliss-reactive ketones (excluding diaryl/α,β-unsaturated/α-hetero) is 1. The van der Waals surface area contributed by atoms with Gasteiger partial charge in [0.1, 0.15) is 17.3 Å². The number of hydrogen-bond donors (Lipinski definition) is 1. The highest BCUT2D eigenvalue weighted by molar-refractivity contribution is 6.03. The minimum absolute atomic E-state index is 0.0309. The molecule has 25 heavy (non-hydrogen) atoms. The van der Waals surface area contributed by atoms with E-state index < -0.39 is 0 Å². The molecular formula is C21H17NO3. The van der Waals surface area contributed by atoms with Gasteiger partial charge in [0.25, 0.3) is 0 Å². The number of ether oxygens (including phenoxy) is 2. The highest BCUT2D eigenvalue weighted by Crippen LogP contribution is 2.36. The molecule has 0 spiro atoms. The third-order valence-corrected chi connectivity index (χ3v) is 4.17. The van der Waals surface area contributed by atoms with E-state index in [1.165, 1.54) is 0 Å². The molecule has 0 bridgehead atoms. The molecule has 0 radical (unpaired) electrons. The van der Waals surface area contributed by atoms with Crippen LogP contribution in [0.1, 0.15) is 12.0 Å². The lowest BCUT2D eigenvalue weighted by molar-refractivity contribution is -0.117. The van der Waals surface area contributed by atoms with Gasteiger partial charge in [0.2, 0.25) is 5.78 Å². The Morgan fingerprint density at radius 1 is 1.04 bits per heavy atom. The number of carbonyl (C=O) groups excluding carboxylic acids is 1. The first-order chi connectivity index (χ1) is 12.2. The SMILES string of the molecule is NC1=CC=C2O/C(=C\c3cccc(Oc4ccccc4)c3)C(=O)C2C1. The Hall–Kier alpha value is -3.27. The van der Waals surface area contributed by atoms with E-state index in [-0.39, 0.29) is 11.7 Å². The fraction of sp³-hybridized carbons (Fsp3) is 0.0952. The second kappa shape index (κ2) is 6.32. The van der Waals surface area contributed by atoms with Gasteiger partial charge in [-0.3, -0.25) is 4.79 Å². The first-order valence-corrected chi connectivity index (χ1v) is 8.12. The average Bonchev–Trinajstić information content (AvgIpc) is 2.92. The molecule has 1 aliphatic heterocycles. The molecule has 4 rings (SSSR count). The summed E-state index contributed by atoms with van der Waals surface area (Å²) < 4.78 is 11.5. The van der Waals surface area contributed by atoms with Crippen LogP contribution in [0.15, 0.2) is 84.0 Å². The third kappa shape index (κ3) is 3.19. The molecule has 2 aromatic carbocycles. The van der Waals surface area contributed by atoms with Crippen molar-refractivity contribution < 1.29 is 14.3 Å². The molecule has 0 aromatic heterocycles. The number of hydrogen-bond acceptors (Lipinski definition) is 4. The van der Waals surface area contributed by atoms with Crippen LogP contribution in [0.2, 0.25) is 0 Å². The van der Waals surface area contributed by atoms with Crippen LogP contribution in [0.25, 0.3) is 6.08 Å². The van der Waals surface area contributed by atoms with Gasteiger partial charge in [-0.2, -0.15) is 0 Å². The molecule has 2 aromatic rings. The van der Waals surface area contributed by atoms with Crippen molar-refractivity contribution in [2.45, 2.75) is 6.42 Å². The lowest BCUT2D eigenvalue weighted by atomic mass is 9.93. The highest BCUT2D eigenvalue weighted by Gasteiger charge is 2.37. The molecule has 1 aliphatic carbocycles. The third-order valence-electron chi connectivity index (χ3n) is 4.17. The highest BCUT2D eigenvalue weighted by atomic mass is 16.5. The van der Waals surface area contributed by atoms with Crippen molar-refractivity contribution in [1.29, 1.82) is 0 Å². The van der Waals surface area contributed by atoms with E-state index in [0.29, 0.717) is 29.4 Å². The van der Waals surface area contributed by atoms with Gasteiger partial charge < -0.3 is 15.2 Å². The second-order valence-corrected chi connectivity index (χ2v) is 6.03. The van der Waals surface area contributed by atoms with Gasteiger partial charge in [-0.15, -0.1) is 0 Å². The molecule has 1 saturated heterocycles. The quantitative estimate of drug-likeness (QED) is 0.858. The van der Waals surface area contributed by atoms with Crippen LogP contribution in [0.3, 0.4) is 0 Å². The molecule has 2 N–H and O–H groups in total. The van der Waals surface area contributed by atoms with Crippen molar-refractivity contribution >= 4 is 11.9 Å². The molecule has 4 nitrogen and oxygen atoms in total. The van der Waals surface area contributed by atoms with Crippen molar-refractivity contribution in [3.05, 3.63) is 89.5 Å². The Labute approximate surface area is 145 Å². The number of nitrogens with two attached hydrogens (primary N) is 1. The minimum atomic E-state index is -0.292. The summed E-state index contributed by atoms with van der Waals surface area (Å²) in [6, 6.07) is 17.1. The van der Waals surface area contributed by atoms with E-state index >= 15 is 0 Å². The van der Waals surface area contributed by atoms with Crippen LogP contribution in [-0.2, 0) is 9.53 Å². The van der Waals surface area contributed by atoms with Crippen LogP contribution in [0.4, 0.5) is 0 Å². The normalized spacial score (nSPS) is 20.6. The Bertz CT molecular complexity index is 910. The van der Waals surface area contributed by atoms with Crippen molar-refractivity contribution in [3.63, 3.8) is 0 Å². The number of allylic oxidation sites excluding steroid dienone is 5. The molecule has 0 amide bonds. The maximum Gasteiger partial charge on any atom is 0.209 e. The molecule has 1 unspecified atom stereocenters. The van der Waals surface area contributed by atoms with Gasteiger partial charge in [0.05, 0.1) is 5.92 Å². The van der Waals surface area contributed by atoms with E-state index in [1.54, 1.807) is 18.2 Å². The van der Waals surface area contributed by atoms with E-state index in [4.69, 9.17) is 15.2 Å². The maximum absolute atomic E-state index is 12.5. The van der Waals surface area contributed by atoms with Gasteiger partial charge in [-0.25, -0.2) is 0 Å². The van der Waals surface area contributed by atoms with E-state index in [2.05, 4.69) is 0 Å². The summed E-state index contributed by atoms with van der Waals surface area (Å²) in [4.78, 5) is 12.5. The van der Waals surface area contributed by atoms with Gasteiger partial charge in [-0.05, 0) is 48.1 Å². The van der Waals surface area contributed by atoms with Gasteiger partial charge in [-0.1, -0.05) is 30.3 Å². The van der Waals surface area contributed by atoms with E-state index in [0.717, 1.165) is 11.3 Å². The number of ketones is 1. The first-order valence-electron chi connectivity index (χ1n) is 8.12. The summed E-state index contributed by atoms with van der Waals surface area (Å²) in [6.07, 6.45) is 5.82. The zero-order valence-corrected chi connectivity index (χ0v) is 13.5. The molecule has 1 heterocycles. The Balaban J connectivity index is 1.56. The van der Waals surface area contributed by atoms with Crippen molar-refractivity contribution in [2.24, 2.45) is 11.7 Å². The summed E-state index contributed by atoms with van der Waals surface area (Å²) in [5.41, 5.74) is 7.36. The average molecular weight is 331 g/mol. The molecule has 4 heteroatoms. The zero-order valence-electron chi connectivity index (χ0n) is 13.5. The van der Waals surface area contributed by atoms with Crippen LogP contribution in [-0.4, -0.2) is 5.78 Å². The number of fused-ring (bicyclic) bond motifs is 1. The van der Waals surface area contributed by atoms with Crippen molar-refractivity contribution in [1.82, 2.24) is 0 Å². The van der Waals surface area contributed by atoms with E-state index in [9.17, 15) is 4.79 Å². The molecule has 1 fully saturated rings. The monoisotopic (exact) mass is 331 g/mol. The van der Waals surface area contributed by atoms with Crippen LogP contribution in [0.5, 0.6) is 11.5 Å². The Morgan fingerprint density at radius 2 is 1.84 bits per heavy atom. The Morgan fingerprint density at radius 3 is 2.68 bits per heavy atom.